The number of benzene rings is 2. The summed E-state index contributed by atoms with van der Waals surface area (Å²) in [5.74, 6) is -0.399. The van der Waals surface area contributed by atoms with E-state index in [1.54, 1.807) is 15.9 Å². The third-order valence-corrected chi connectivity index (χ3v) is 5.94. The van der Waals surface area contributed by atoms with Crippen molar-refractivity contribution >= 4 is 51.4 Å². The van der Waals surface area contributed by atoms with Gasteiger partial charge in [-0.15, -0.1) is 6.58 Å². The molecule has 0 aromatic heterocycles. The third-order valence-electron chi connectivity index (χ3n) is 4.49. The topological polar surface area (TPSA) is 40.6 Å². The van der Waals surface area contributed by atoms with Crippen LogP contribution in [0.4, 0.5) is 5.69 Å². The Labute approximate surface area is 167 Å². The van der Waals surface area contributed by atoms with Crippen LogP contribution in [-0.4, -0.2) is 27.6 Å². The number of nitrogens with zero attached hydrogens (tertiary/aromatic N) is 2. The molecule has 0 unspecified atom stereocenters. The SMILES string of the molecule is C=CCN1C(=O)/C(=C2\SC(=S)N(Cc3ccccc3)C2=O)c2ccccc21. The van der Waals surface area contributed by atoms with Gasteiger partial charge in [0.25, 0.3) is 11.8 Å². The van der Waals surface area contributed by atoms with Crippen molar-refractivity contribution < 1.29 is 9.59 Å². The summed E-state index contributed by atoms with van der Waals surface area (Å²) < 4.78 is 0.471. The van der Waals surface area contributed by atoms with Gasteiger partial charge in [-0.25, -0.2) is 0 Å². The Morgan fingerprint density at radius 2 is 1.67 bits per heavy atom. The Balaban J connectivity index is 1.75. The second kappa shape index (κ2) is 7.13. The van der Waals surface area contributed by atoms with Gasteiger partial charge in [0, 0.05) is 12.1 Å². The largest absolute Gasteiger partial charge is 0.304 e. The third kappa shape index (κ3) is 3.01. The molecule has 1 fully saturated rings. The first kappa shape index (κ1) is 17.7. The van der Waals surface area contributed by atoms with Gasteiger partial charge >= 0.3 is 0 Å². The molecule has 0 aliphatic carbocycles. The molecule has 2 aromatic carbocycles. The highest BCUT2D eigenvalue weighted by molar-refractivity contribution is 8.26. The molecule has 0 spiro atoms. The van der Waals surface area contributed by atoms with E-state index in [0.29, 0.717) is 27.9 Å². The van der Waals surface area contributed by atoms with Crippen molar-refractivity contribution in [1.29, 1.82) is 0 Å². The smallest absolute Gasteiger partial charge is 0.267 e. The maximum Gasteiger partial charge on any atom is 0.267 e. The molecule has 2 aliphatic heterocycles. The highest BCUT2D eigenvalue weighted by atomic mass is 32.2. The van der Waals surface area contributed by atoms with Crippen LogP contribution in [0.25, 0.3) is 5.57 Å². The molecule has 0 radical (unpaired) electrons. The molecule has 0 atom stereocenters. The number of hydrogen-bond donors (Lipinski definition) is 0. The molecule has 134 valence electrons. The number of carbonyl (C=O) groups is 2. The van der Waals surface area contributed by atoms with E-state index >= 15 is 0 Å². The molecule has 27 heavy (non-hydrogen) atoms. The van der Waals surface area contributed by atoms with Crippen molar-refractivity contribution in [3.63, 3.8) is 0 Å². The van der Waals surface area contributed by atoms with Gasteiger partial charge in [-0.3, -0.25) is 14.5 Å². The predicted molar refractivity (Wildman–Crippen MR) is 113 cm³/mol. The summed E-state index contributed by atoms with van der Waals surface area (Å²) in [4.78, 5) is 29.7. The van der Waals surface area contributed by atoms with E-state index in [1.165, 1.54) is 11.8 Å². The molecular weight excluding hydrogens is 376 g/mol. The highest BCUT2D eigenvalue weighted by Crippen LogP contribution is 2.44. The van der Waals surface area contributed by atoms with Gasteiger partial charge in [0.05, 0.1) is 22.7 Å². The number of hydrogen-bond acceptors (Lipinski definition) is 4. The average molecular weight is 393 g/mol. The first-order chi connectivity index (χ1) is 13.1. The van der Waals surface area contributed by atoms with Crippen molar-refractivity contribution in [2.24, 2.45) is 0 Å². The Kier molecular flexibility index (Phi) is 4.68. The molecule has 0 N–H and O–H groups in total. The summed E-state index contributed by atoms with van der Waals surface area (Å²) in [6, 6.07) is 17.2. The van der Waals surface area contributed by atoms with Crippen LogP contribution >= 0.6 is 24.0 Å². The number of carbonyl (C=O) groups excluding carboxylic acids is 2. The number of rotatable bonds is 4. The lowest BCUT2D eigenvalue weighted by Gasteiger charge is -2.14. The first-order valence-electron chi connectivity index (χ1n) is 8.46. The summed E-state index contributed by atoms with van der Waals surface area (Å²) in [5.41, 5.74) is 2.99. The summed E-state index contributed by atoms with van der Waals surface area (Å²) >= 11 is 6.64. The van der Waals surface area contributed by atoms with Gasteiger partial charge in [-0.2, -0.15) is 0 Å². The van der Waals surface area contributed by atoms with E-state index < -0.39 is 0 Å². The zero-order valence-corrected chi connectivity index (χ0v) is 16.1. The minimum absolute atomic E-state index is 0.184. The molecular formula is C21H16N2O2S2. The quantitative estimate of drug-likeness (QED) is 0.448. The minimum Gasteiger partial charge on any atom is -0.304 e. The number of amides is 2. The van der Waals surface area contributed by atoms with Gasteiger partial charge in [-0.1, -0.05) is 78.6 Å². The van der Waals surface area contributed by atoms with Crippen LogP contribution < -0.4 is 4.90 Å². The fourth-order valence-corrected chi connectivity index (χ4v) is 4.59. The van der Waals surface area contributed by atoms with E-state index in [-0.39, 0.29) is 11.8 Å². The standard InChI is InChI=1S/C21H16N2O2S2/c1-2-12-22-16-11-7-6-10-15(16)17(19(22)24)18-20(25)23(21(26)27-18)13-14-8-4-3-5-9-14/h2-11H,1,12-13H2/b18-17-. The van der Waals surface area contributed by atoms with E-state index in [9.17, 15) is 9.59 Å². The van der Waals surface area contributed by atoms with Gasteiger partial charge in [0.2, 0.25) is 0 Å². The van der Waals surface area contributed by atoms with E-state index in [2.05, 4.69) is 6.58 Å². The molecule has 2 heterocycles. The molecule has 2 aliphatic rings. The Morgan fingerprint density at radius 1 is 0.963 bits per heavy atom. The fourth-order valence-electron chi connectivity index (χ4n) is 3.26. The normalized spacial score (nSPS) is 19.0. The lowest BCUT2D eigenvalue weighted by Crippen LogP contribution is -2.29. The Hall–Kier alpha value is -2.70. The summed E-state index contributed by atoms with van der Waals surface area (Å²) in [6.07, 6.45) is 1.68. The summed E-state index contributed by atoms with van der Waals surface area (Å²) in [6.45, 7) is 4.52. The molecule has 4 nitrogen and oxygen atoms in total. The zero-order chi connectivity index (χ0) is 19.0. The fraction of sp³-hybridized carbons (Fsp3) is 0.0952. The van der Waals surface area contributed by atoms with E-state index in [0.717, 1.165) is 16.8 Å². The molecule has 6 heteroatoms. The summed E-state index contributed by atoms with van der Waals surface area (Å²) in [7, 11) is 0. The number of fused-ring (bicyclic) bond motifs is 1. The van der Waals surface area contributed by atoms with Crippen LogP contribution in [0.1, 0.15) is 11.1 Å². The minimum atomic E-state index is -0.215. The molecule has 4 rings (SSSR count). The second-order valence-electron chi connectivity index (χ2n) is 6.17. The monoisotopic (exact) mass is 392 g/mol. The van der Waals surface area contributed by atoms with Crippen LogP contribution in [0.15, 0.2) is 72.2 Å². The van der Waals surface area contributed by atoms with Gasteiger partial charge in [0.1, 0.15) is 4.32 Å². The average Bonchev–Trinajstić information content (AvgIpc) is 3.11. The number of anilines is 1. The molecule has 0 bridgehead atoms. The van der Waals surface area contributed by atoms with Crippen molar-refractivity contribution in [3.05, 3.63) is 83.3 Å². The van der Waals surface area contributed by atoms with Crippen LogP contribution in [0.2, 0.25) is 0 Å². The molecule has 2 amide bonds. The van der Waals surface area contributed by atoms with Gasteiger partial charge in [0.15, 0.2) is 0 Å². The van der Waals surface area contributed by atoms with Crippen LogP contribution in [0.5, 0.6) is 0 Å². The second-order valence-corrected chi connectivity index (χ2v) is 7.81. The number of para-hydroxylation sites is 1. The van der Waals surface area contributed by atoms with Crippen LogP contribution in [0.3, 0.4) is 0 Å². The van der Waals surface area contributed by atoms with Crippen molar-refractivity contribution in [3.8, 4) is 0 Å². The molecule has 1 saturated heterocycles. The maximum absolute atomic E-state index is 13.1. The molecule has 2 aromatic rings. The lowest BCUT2D eigenvalue weighted by atomic mass is 10.1. The zero-order valence-electron chi connectivity index (χ0n) is 14.4. The van der Waals surface area contributed by atoms with Crippen LogP contribution in [-0.2, 0) is 16.1 Å². The Morgan fingerprint density at radius 3 is 2.41 bits per heavy atom. The predicted octanol–water partition coefficient (Wildman–Crippen LogP) is 3.99. The summed E-state index contributed by atoms with van der Waals surface area (Å²) in [5, 5.41) is 0. The van der Waals surface area contributed by atoms with Crippen molar-refractivity contribution in [2.45, 2.75) is 6.54 Å². The Bertz CT molecular complexity index is 998. The van der Waals surface area contributed by atoms with Crippen molar-refractivity contribution in [2.75, 3.05) is 11.4 Å². The molecule has 0 saturated carbocycles. The van der Waals surface area contributed by atoms with E-state index in [4.69, 9.17) is 12.2 Å². The number of thioether (sulfide) groups is 1. The van der Waals surface area contributed by atoms with E-state index in [1.807, 2.05) is 54.6 Å². The highest BCUT2D eigenvalue weighted by Gasteiger charge is 2.41. The van der Waals surface area contributed by atoms with Crippen LogP contribution in [0, 0.1) is 0 Å². The number of thiocarbonyl (C=S) groups is 1. The lowest BCUT2D eigenvalue weighted by molar-refractivity contribution is -0.122. The van der Waals surface area contributed by atoms with Gasteiger partial charge < -0.3 is 4.90 Å². The van der Waals surface area contributed by atoms with Gasteiger partial charge in [-0.05, 0) is 11.6 Å². The maximum atomic E-state index is 13.1. The van der Waals surface area contributed by atoms with Crippen molar-refractivity contribution in [1.82, 2.24) is 4.90 Å². The first-order valence-corrected chi connectivity index (χ1v) is 9.68.